The quantitative estimate of drug-likeness (QED) is 0.534. The topological polar surface area (TPSA) is 72.9 Å². The minimum absolute atomic E-state index is 0.0263. The summed E-state index contributed by atoms with van der Waals surface area (Å²) in [6, 6.07) is 2.08. The van der Waals surface area contributed by atoms with Crippen molar-refractivity contribution in [1.82, 2.24) is 0 Å². The monoisotopic (exact) mass is 421 g/mol. The molecule has 0 bridgehead atoms. The van der Waals surface area contributed by atoms with E-state index in [4.69, 9.17) is 27.5 Å². The van der Waals surface area contributed by atoms with Crippen LogP contribution in [0.25, 0.3) is 0 Å². The minimum atomic E-state index is -0.893. The Morgan fingerprint density at radius 1 is 1.24 bits per heavy atom. The summed E-state index contributed by atoms with van der Waals surface area (Å²) in [4.78, 5) is 38.2. The first kappa shape index (κ1) is 22.4. The highest BCUT2D eigenvalue weighted by molar-refractivity contribution is 6.32. The first-order valence-corrected chi connectivity index (χ1v) is 9.36. The van der Waals surface area contributed by atoms with Crippen LogP contribution in [0, 0.1) is 18.2 Å². The number of hydrogen-bond donors (Lipinski definition) is 0. The largest absolute Gasteiger partial charge is 0.476 e. The molecule has 1 aromatic carbocycles. The maximum Gasteiger partial charge on any atom is 0.334 e. The summed E-state index contributed by atoms with van der Waals surface area (Å²) in [7, 11) is 1.21. The van der Waals surface area contributed by atoms with Crippen LogP contribution in [-0.4, -0.2) is 31.0 Å². The summed E-state index contributed by atoms with van der Waals surface area (Å²) in [5.74, 6) is -0.671. The van der Waals surface area contributed by atoms with E-state index in [0.29, 0.717) is 24.2 Å². The molecule has 0 radical (unpaired) electrons. The van der Waals surface area contributed by atoms with Crippen molar-refractivity contribution in [3.63, 3.8) is 0 Å². The second kappa shape index (κ2) is 9.57. The molecule has 1 unspecified atom stereocenters. The number of anilines is 1. The molecular weight excluding hydrogens is 401 g/mol. The number of carbonyl (C=O) groups excluding carboxylic acids is 3. The number of nitrogens with zero attached hydrogens (tertiary/aromatic N) is 1. The van der Waals surface area contributed by atoms with Gasteiger partial charge >= 0.3 is 5.97 Å². The van der Waals surface area contributed by atoms with E-state index in [1.807, 2.05) is 0 Å². The molecule has 0 saturated carbocycles. The van der Waals surface area contributed by atoms with Crippen molar-refractivity contribution in [3.05, 3.63) is 34.1 Å². The average molecular weight is 422 g/mol. The van der Waals surface area contributed by atoms with Gasteiger partial charge in [-0.25, -0.2) is 14.1 Å². The number of amides is 2. The van der Waals surface area contributed by atoms with Gasteiger partial charge in [-0.05, 0) is 38.7 Å². The van der Waals surface area contributed by atoms with Gasteiger partial charge in [-0.15, -0.1) is 6.42 Å². The molecule has 1 aliphatic carbocycles. The molecule has 2 rings (SSSR count). The number of halogens is 2. The zero-order chi connectivity index (χ0) is 21.7. The van der Waals surface area contributed by atoms with Gasteiger partial charge in [0.15, 0.2) is 6.10 Å². The molecule has 0 aromatic heterocycles. The van der Waals surface area contributed by atoms with E-state index in [1.54, 1.807) is 6.92 Å². The number of benzene rings is 1. The van der Waals surface area contributed by atoms with Crippen LogP contribution >= 0.6 is 11.6 Å². The summed E-state index contributed by atoms with van der Waals surface area (Å²) in [6.07, 6.45) is 6.61. The van der Waals surface area contributed by atoms with Crippen LogP contribution in [0.3, 0.4) is 0 Å². The number of terminal acetylenes is 1. The van der Waals surface area contributed by atoms with Crippen LogP contribution in [0.15, 0.2) is 23.3 Å². The third-order valence-electron chi connectivity index (χ3n) is 4.46. The third kappa shape index (κ3) is 4.96. The molecular formula is C21H21ClFNO5. The normalized spacial score (nSPS) is 14.6. The van der Waals surface area contributed by atoms with Crippen LogP contribution in [-0.2, 0) is 19.1 Å². The standard InChI is InChI=1S/C21H21ClFNO5/c1-5-12(2)29-19-11-18(17(23)10-16(19)22)24(13(3)25)20(26)14-8-6-7-9-15(14)21(27)28-4/h1,10-12H,6-9H2,2-4H3. The lowest BCUT2D eigenvalue weighted by Gasteiger charge is -2.25. The molecule has 1 atom stereocenters. The molecule has 154 valence electrons. The van der Waals surface area contributed by atoms with Crippen molar-refractivity contribution in [2.45, 2.75) is 45.6 Å². The summed E-state index contributed by atoms with van der Waals surface area (Å²) in [5, 5.41) is -0.0589. The number of esters is 1. The number of methoxy groups -OCH3 is 1. The number of carbonyl (C=O) groups is 3. The molecule has 0 saturated heterocycles. The first-order chi connectivity index (χ1) is 13.7. The van der Waals surface area contributed by atoms with Gasteiger partial charge in [0.1, 0.15) is 11.6 Å². The molecule has 1 aromatic rings. The van der Waals surface area contributed by atoms with E-state index in [2.05, 4.69) is 5.92 Å². The Morgan fingerprint density at radius 3 is 2.41 bits per heavy atom. The van der Waals surface area contributed by atoms with E-state index in [9.17, 15) is 18.8 Å². The zero-order valence-electron chi connectivity index (χ0n) is 16.4. The van der Waals surface area contributed by atoms with E-state index in [0.717, 1.165) is 19.1 Å². The second-order valence-corrected chi connectivity index (χ2v) is 6.88. The highest BCUT2D eigenvalue weighted by Crippen LogP contribution is 2.35. The van der Waals surface area contributed by atoms with Crippen LogP contribution in [0.2, 0.25) is 5.02 Å². The molecule has 0 fully saturated rings. The van der Waals surface area contributed by atoms with E-state index < -0.39 is 29.7 Å². The Kier molecular flexibility index (Phi) is 7.40. The number of rotatable bonds is 5. The number of imide groups is 1. The van der Waals surface area contributed by atoms with Gasteiger partial charge in [0.25, 0.3) is 5.91 Å². The fourth-order valence-electron chi connectivity index (χ4n) is 3.05. The van der Waals surface area contributed by atoms with Crippen molar-refractivity contribution in [3.8, 4) is 18.1 Å². The Balaban J connectivity index is 2.57. The molecule has 8 heteroatoms. The van der Waals surface area contributed by atoms with Crippen LogP contribution in [0.4, 0.5) is 10.1 Å². The highest BCUT2D eigenvalue weighted by Gasteiger charge is 2.32. The second-order valence-electron chi connectivity index (χ2n) is 6.48. The fraction of sp³-hybridized carbons (Fsp3) is 0.381. The average Bonchev–Trinajstić information content (AvgIpc) is 2.70. The molecule has 29 heavy (non-hydrogen) atoms. The molecule has 0 spiro atoms. The molecule has 2 amide bonds. The minimum Gasteiger partial charge on any atom is -0.476 e. The maximum absolute atomic E-state index is 14.7. The van der Waals surface area contributed by atoms with Gasteiger partial charge in [-0.1, -0.05) is 17.5 Å². The highest BCUT2D eigenvalue weighted by atomic mass is 35.5. The van der Waals surface area contributed by atoms with Crippen molar-refractivity contribution in [2.24, 2.45) is 0 Å². The predicted octanol–water partition coefficient (Wildman–Crippen LogP) is 3.80. The summed E-state index contributed by atoms with van der Waals surface area (Å²) >= 11 is 6.01. The zero-order valence-corrected chi connectivity index (χ0v) is 17.1. The van der Waals surface area contributed by atoms with Gasteiger partial charge < -0.3 is 9.47 Å². The summed E-state index contributed by atoms with van der Waals surface area (Å²) in [5.41, 5.74) is -0.0117. The lowest BCUT2D eigenvalue weighted by molar-refractivity contribution is -0.137. The predicted molar refractivity (Wildman–Crippen MR) is 106 cm³/mol. The third-order valence-corrected chi connectivity index (χ3v) is 4.75. The van der Waals surface area contributed by atoms with E-state index in [1.165, 1.54) is 7.11 Å². The number of hydrogen-bond acceptors (Lipinski definition) is 5. The van der Waals surface area contributed by atoms with Crippen molar-refractivity contribution in [1.29, 1.82) is 0 Å². The Morgan fingerprint density at radius 2 is 1.86 bits per heavy atom. The lowest BCUT2D eigenvalue weighted by Crippen LogP contribution is -2.38. The van der Waals surface area contributed by atoms with Gasteiger partial charge in [0.05, 0.1) is 17.8 Å². The Bertz CT molecular complexity index is 918. The Labute approximate surface area is 173 Å². The van der Waals surface area contributed by atoms with Gasteiger partial charge in [0, 0.05) is 24.1 Å². The lowest BCUT2D eigenvalue weighted by atomic mass is 9.90. The van der Waals surface area contributed by atoms with Crippen LogP contribution in [0.5, 0.6) is 5.75 Å². The molecule has 0 aliphatic heterocycles. The molecule has 6 nitrogen and oxygen atoms in total. The van der Waals surface area contributed by atoms with Gasteiger partial charge in [0.2, 0.25) is 5.91 Å². The van der Waals surface area contributed by atoms with E-state index >= 15 is 0 Å². The first-order valence-electron chi connectivity index (χ1n) is 8.98. The SMILES string of the molecule is C#CC(C)Oc1cc(N(C(C)=O)C(=O)C2=C(C(=O)OC)CCCC2)c(F)cc1Cl. The van der Waals surface area contributed by atoms with Crippen LogP contribution < -0.4 is 9.64 Å². The summed E-state index contributed by atoms with van der Waals surface area (Å²) in [6.45, 7) is 2.71. The van der Waals surface area contributed by atoms with Crippen molar-refractivity contribution >= 4 is 35.1 Å². The van der Waals surface area contributed by atoms with E-state index in [-0.39, 0.29) is 34.0 Å². The Hall–Kier alpha value is -2.85. The van der Waals surface area contributed by atoms with Gasteiger partial charge in [-0.3, -0.25) is 9.59 Å². The number of ether oxygens (including phenoxy) is 2. The van der Waals surface area contributed by atoms with Gasteiger partial charge in [-0.2, -0.15) is 0 Å². The summed E-state index contributed by atoms with van der Waals surface area (Å²) < 4.78 is 24.9. The molecule has 0 N–H and O–H groups in total. The van der Waals surface area contributed by atoms with Crippen molar-refractivity contribution in [2.75, 3.05) is 12.0 Å². The molecule has 0 heterocycles. The maximum atomic E-state index is 14.7. The van der Waals surface area contributed by atoms with Crippen molar-refractivity contribution < 1.29 is 28.2 Å². The molecule has 1 aliphatic rings. The smallest absolute Gasteiger partial charge is 0.334 e. The fourth-order valence-corrected chi connectivity index (χ4v) is 3.25. The van der Waals surface area contributed by atoms with Crippen LogP contribution in [0.1, 0.15) is 39.5 Å².